The van der Waals surface area contributed by atoms with Crippen LogP contribution in [0.25, 0.3) is 0 Å². The number of rotatable bonds is 4. The first kappa shape index (κ1) is 14.3. The van der Waals surface area contributed by atoms with Crippen LogP contribution < -0.4 is 10.1 Å². The second-order valence-corrected chi connectivity index (χ2v) is 4.30. The fourth-order valence-electron chi connectivity index (χ4n) is 1.59. The molecule has 0 unspecified atom stereocenters. The molecule has 1 heterocycles. The van der Waals surface area contributed by atoms with Crippen molar-refractivity contribution >= 4 is 23.2 Å². The molecule has 0 fully saturated rings. The Bertz CT molecular complexity index is 634. The number of pyridine rings is 1. The number of nitrogens with one attached hydrogen (secondary N) is 1. The quantitative estimate of drug-likeness (QED) is 0.938. The summed E-state index contributed by atoms with van der Waals surface area (Å²) in [6.07, 6.45) is 2.83. The van der Waals surface area contributed by atoms with E-state index in [2.05, 4.69) is 10.3 Å². The number of hydrogen-bond acceptors (Lipinski definition) is 3. The largest absolute Gasteiger partial charge is 0.491 e. The van der Waals surface area contributed by atoms with Crippen molar-refractivity contribution in [2.75, 3.05) is 11.9 Å². The Hall–Kier alpha value is -2.14. The number of carbonyl (C=O) groups is 1. The number of nitrogens with zero attached hydrogens (tertiary/aromatic N) is 1. The van der Waals surface area contributed by atoms with Crippen LogP contribution >= 0.6 is 11.6 Å². The SMILES string of the molecule is CCOc1ccc(NC(=O)c2cnccc2Cl)cc1F. The molecule has 1 amide bonds. The predicted octanol–water partition coefficient (Wildman–Crippen LogP) is 3.53. The van der Waals surface area contributed by atoms with Crippen LogP contribution in [-0.4, -0.2) is 17.5 Å². The number of amides is 1. The van der Waals surface area contributed by atoms with Crippen molar-refractivity contribution in [2.45, 2.75) is 6.92 Å². The maximum atomic E-state index is 13.7. The maximum absolute atomic E-state index is 13.7. The molecule has 1 aromatic heterocycles. The van der Waals surface area contributed by atoms with Gasteiger partial charge in [0.05, 0.1) is 17.2 Å². The number of halogens is 2. The molecule has 0 bridgehead atoms. The zero-order valence-electron chi connectivity index (χ0n) is 10.7. The summed E-state index contributed by atoms with van der Waals surface area (Å²) in [5.41, 5.74) is 0.541. The van der Waals surface area contributed by atoms with Crippen LogP contribution in [0.5, 0.6) is 5.75 Å². The van der Waals surface area contributed by atoms with Gasteiger partial charge in [-0.3, -0.25) is 9.78 Å². The van der Waals surface area contributed by atoms with E-state index in [9.17, 15) is 9.18 Å². The van der Waals surface area contributed by atoms with Crippen LogP contribution in [0.2, 0.25) is 5.02 Å². The lowest BCUT2D eigenvalue weighted by Crippen LogP contribution is -2.13. The second-order valence-electron chi connectivity index (χ2n) is 3.89. The number of carbonyl (C=O) groups excluding carboxylic acids is 1. The summed E-state index contributed by atoms with van der Waals surface area (Å²) in [4.78, 5) is 15.8. The fourth-order valence-corrected chi connectivity index (χ4v) is 1.79. The number of hydrogen-bond donors (Lipinski definition) is 1. The van der Waals surface area contributed by atoms with Crippen molar-refractivity contribution in [3.05, 3.63) is 53.1 Å². The summed E-state index contributed by atoms with van der Waals surface area (Å²) < 4.78 is 18.7. The topological polar surface area (TPSA) is 51.2 Å². The summed E-state index contributed by atoms with van der Waals surface area (Å²) >= 11 is 5.89. The second kappa shape index (κ2) is 6.34. The van der Waals surface area contributed by atoms with Gasteiger partial charge >= 0.3 is 0 Å². The lowest BCUT2D eigenvalue weighted by Gasteiger charge is -2.09. The molecule has 2 rings (SSSR count). The van der Waals surface area contributed by atoms with E-state index in [1.165, 1.54) is 30.6 Å². The molecular weight excluding hydrogens is 283 g/mol. The first-order valence-corrected chi connectivity index (χ1v) is 6.33. The van der Waals surface area contributed by atoms with E-state index in [-0.39, 0.29) is 16.3 Å². The predicted molar refractivity (Wildman–Crippen MR) is 74.8 cm³/mol. The first-order chi connectivity index (χ1) is 9.61. The number of ether oxygens (including phenoxy) is 1. The van der Waals surface area contributed by atoms with Gasteiger partial charge in [0.1, 0.15) is 0 Å². The smallest absolute Gasteiger partial charge is 0.258 e. The van der Waals surface area contributed by atoms with E-state index in [0.717, 1.165) is 0 Å². The van der Waals surface area contributed by atoms with Crippen LogP contribution in [0.1, 0.15) is 17.3 Å². The Morgan fingerprint density at radius 1 is 1.45 bits per heavy atom. The van der Waals surface area contributed by atoms with E-state index >= 15 is 0 Å². The highest BCUT2D eigenvalue weighted by atomic mass is 35.5. The van der Waals surface area contributed by atoms with Gasteiger partial charge < -0.3 is 10.1 Å². The molecule has 20 heavy (non-hydrogen) atoms. The van der Waals surface area contributed by atoms with Crippen LogP contribution in [0.15, 0.2) is 36.7 Å². The van der Waals surface area contributed by atoms with Gasteiger partial charge in [0.15, 0.2) is 11.6 Å². The molecule has 0 aliphatic heterocycles. The molecule has 1 aromatic carbocycles. The normalized spacial score (nSPS) is 10.2. The summed E-state index contributed by atoms with van der Waals surface area (Å²) in [6, 6.07) is 5.71. The van der Waals surface area contributed by atoms with Gasteiger partial charge in [0.2, 0.25) is 0 Å². The van der Waals surface area contributed by atoms with Gasteiger partial charge in [-0.1, -0.05) is 11.6 Å². The number of aromatic nitrogens is 1. The van der Waals surface area contributed by atoms with Gasteiger partial charge in [-0.15, -0.1) is 0 Å². The molecule has 1 N–H and O–H groups in total. The molecule has 0 saturated heterocycles. The minimum Gasteiger partial charge on any atom is -0.491 e. The van der Waals surface area contributed by atoms with Crippen LogP contribution in [-0.2, 0) is 0 Å². The minimum absolute atomic E-state index is 0.143. The van der Waals surface area contributed by atoms with Gasteiger partial charge in [-0.05, 0) is 25.1 Å². The molecule has 0 radical (unpaired) electrons. The van der Waals surface area contributed by atoms with E-state index in [1.807, 2.05) is 0 Å². The van der Waals surface area contributed by atoms with Gasteiger partial charge in [-0.2, -0.15) is 0 Å². The summed E-state index contributed by atoms with van der Waals surface area (Å²) in [5.74, 6) is -0.849. The molecule has 0 saturated carbocycles. The minimum atomic E-state index is -0.540. The Kier molecular flexibility index (Phi) is 4.53. The molecule has 6 heteroatoms. The fraction of sp³-hybridized carbons (Fsp3) is 0.143. The zero-order chi connectivity index (χ0) is 14.5. The van der Waals surface area contributed by atoms with Crippen molar-refractivity contribution in [2.24, 2.45) is 0 Å². The Morgan fingerprint density at radius 3 is 2.90 bits per heavy atom. The van der Waals surface area contributed by atoms with Crippen molar-refractivity contribution in [3.8, 4) is 5.75 Å². The Balaban J connectivity index is 2.16. The van der Waals surface area contributed by atoms with E-state index < -0.39 is 11.7 Å². The number of benzene rings is 1. The Morgan fingerprint density at radius 2 is 2.25 bits per heavy atom. The first-order valence-electron chi connectivity index (χ1n) is 5.95. The average molecular weight is 295 g/mol. The van der Waals surface area contributed by atoms with Crippen LogP contribution in [0, 0.1) is 5.82 Å². The monoisotopic (exact) mass is 294 g/mol. The third-order valence-corrected chi connectivity index (χ3v) is 2.83. The standard InChI is InChI=1S/C14H12ClFN2O2/c1-2-20-13-4-3-9(7-12(13)16)18-14(19)10-8-17-6-5-11(10)15/h3-8H,2H2,1H3,(H,18,19). The van der Waals surface area contributed by atoms with E-state index in [1.54, 1.807) is 13.0 Å². The third-order valence-electron chi connectivity index (χ3n) is 2.50. The molecule has 0 spiro atoms. The average Bonchev–Trinajstić information content (AvgIpc) is 2.42. The van der Waals surface area contributed by atoms with E-state index in [0.29, 0.717) is 12.3 Å². The molecule has 0 atom stereocenters. The summed E-state index contributed by atoms with van der Waals surface area (Å²) in [7, 11) is 0. The van der Waals surface area contributed by atoms with Crippen molar-refractivity contribution in [1.29, 1.82) is 0 Å². The third kappa shape index (κ3) is 3.24. The van der Waals surface area contributed by atoms with E-state index in [4.69, 9.17) is 16.3 Å². The summed E-state index contributed by atoms with van der Waals surface area (Å²) in [5, 5.41) is 2.83. The molecule has 0 aliphatic rings. The van der Waals surface area contributed by atoms with Gasteiger partial charge in [0, 0.05) is 24.1 Å². The van der Waals surface area contributed by atoms with Crippen LogP contribution in [0.3, 0.4) is 0 Å². The van der Waals surface area contributed by atoms with Crippen molar-refractivity contribution < 1.29 is 13.9 Å². The van der Waals surface area contributed by atoms with Crippen molar-refractivity contribution in [3.63, 3.8) is 0 Å². The highest BCUT2D eigenvalue weighted by molar-refractivity contribution is 6.34. The van der Waals surface area contributed by atoms with Gasteiger partial charge in [-0.25, -0.2) is 4.39 Å². The zero-order valence-corrected chi connectivity index (χ0v) is 11.4. The lowest BCUT2D eigenvalue weighted by atomic mass is 10.2. The van der Waals surface area contributed by atoms with Crippen LogP contribution in [0.4, 0.5) is 10.1 Å². The molecule has 4 nitrogen and oxygen atoms in total. The molecule has 104 valence electrons. The molecule has 2 aromatic rings. The summed E-state index contributed by atoms with van der Waals surface area (Å²) in [6.45, 7) is 2.13. The highest BCUT2D eigenvalue weighted by Gasteiger charge is 2.12. The van der Waals surface area contributed by atoms with Gasteiger partial charge in [0.25, 0.3) is 5.91 Å². The molecule has 0 aliphatic carbocycles. The molecular formula is C14H12ClFN2O2. The van der Waals surface area contributed by atoms with Crippen molar-refractivity contribution in [1.82, 2.24) is 4.98 Å². The Labute approximate surface area is 120 Å². The lowest BCUT2D eigenvalue weighted by molar-refractivity contribution is 0.102. The highest BCUT2D eigenvalue weighted by Crippen LogP contribution is 2.22. The number of anilines is 1. The maximum Gasteiger partial charge on any atom is 0.258 e.